The lowest BCUT2D eigenvalue weighted by Crippen LogP contribution is -3.10. The average molecular weight is 423 g/mol. The van der Waals surface area contributed by atoms with E-state index in [1.54, 1.807) is 36.6 Å². The molecule has 5 nitrogen and oxygen atoms in total. The molecule has 0 radical (unpaired) electrons. The van der Waals surface area contributed by atoms with Crippen molar-refractivity contribution in [1.29, 1.82) is 0 Å². The molecule has 28 heavy (non-hydrogen) atoms. The minimum atomic E-state index is -0.745. The largest absolute Gasteiger partial charge is 0.507 e. The number of ether oxygens (including phenoxy) is 1. The number of aromatic hydroxyl groups is 1. The molecule has 0 aliphatic rings. The number of halogens is 2. The molecule has 0 saturated heterocycles. The van der Waals surface area contributed by atoms with Crippen LogP contribution >= 0.6 is 23.2 Å². The first-order valence-corrected chi connectivity index (χ1v) is 9.65. The summed E-state index contributed by atoms with van der Waals surface area (Å²) in [4.78, 5) is 1.02. The summed E-state index contributed by atoms with van der Waals surface area (Å²) in [6, 6.07) is 15.8. The Bertz CT molecular complexity index is 886. The Kier molecular flexibility index (Phi) is 7.23. The lowest BCUT2D eigenvalue weighted by molar-refractivity contribution is -0.931. The van der Waals surface area contributed by atoms with E-state index in [1.165, 1.54) is 0 Å². The molecule has 0 aliphatic carbocycles. The highest BCUT2D eigenvalue weighted by molar-refractivity contribution is 6.34. The number of phenols is 1. The first kappa shape index (κ1) is 20.6. The zero-order valence-electron chi connectivity index (χ0n) is 15.1. The SMILES string of the molecule is Oc1ccccc1C[NH+](Cc1ccco1)C[C@@H](O)COc1cc(Cl)ccc1Cl. The standard InChI is InChI=1S/C21H21Cl2NO4/c22-16-7-8-19(23)21(10-16)28-14-17(25)12-24(13-18-5-3-9-27-18)11-15-4-1-2-6-20(15)26/h1-10,17,25-26H,11-14H2/p+1/t17-/m1/s1. The summed E-state index contributed by atoms with van der Waals surface area (Å²) in [5, 5.41) is 21.5. The number of quaternary nitrogens is 1. The second-order valence-corrected chi connectivity index (χ2v) is 7.40. The fourth-order valence-corrected chi connectivity index (χ4v) is 3.30. The molecule has 3 rings (SSSR count). The maximum absolute atomic E-state index is 10.5. The molecule has 0 fully saturated rings. The number of aliphatic hydroxyl groups excluding tert-OH is 1. The number of nitrogens with one attached hydrogen (secondary N) is 1. The van der Waals surface area contributed by atoms with Crippen LogP contribution in [0.4, 0.5) is 0 Å². The molecular weight excluding hydrogens is 401 g/mol. The molecule has 1 aromatic heterocycles. The number of rotatable bonds is 9. The summed E-state index contributed by atoms with van der Waals surface area (Å²) >= 11 is 12.1. The normalized spacial score (nSPS) is 13.2. The van der Waals surface area contributed by atoms with Crippen LogP contribution in [0.25, 0.3) is 0 Å². The van der Waals surface area contributed by atoms with Gasteiger partial charge in [-0.25, -0.2) is 0 Å². The molecule has 0 spiro atoms. The molecule has 0 amide bonds. The highest BCUT2D eigenvalue weighted by Crippen LogP contribution is 2.27. The van der Waals surface area contributed by atoms with Gasteiger partial charge >= 0.3 is 0 Å². The fourth-order valence-electron chi connectivity index (χ4n) is 2.96. The van der Waals surface area contributed by atoms with Gasteiger partial charge in [0.05, 0.1) is 11.3 Å². The van der Waals surface area contributed by atoms with E-state index in [1.807, 2.05) is 24.3 Å². The van der Waals surface area contributed by atoms with Crippen molar-refractivity contribution < 1.29 is 24.3 Å². The molecule has 3 N–H and O–H groups in total. The smallest absolute Gasteiger partial charge is 0.157 e. The van der Waals surface area contributed by atoms with Crippen LogP contribution in [0.15, 0.2) is 65.3 Å². The monoisotopic (exact) mass is 422 g/mol. The third-order valence-corrected chi connectivity index (χ3v) is 4.83. The van der Waals surface area contributed by atoms with Crippen molar-refractivity contribution in [3.05, 3.63) is 82.2 Å². The molecule has 148 valence electrons. The molecule has 2 aromatic carbocycles. The lowest BCUT2D eigenvalue weighted by atomic mass is 10.1. The maximum atomic E-state index is 10.5. The summed E-state index contributed by atoms with van der Waals surface area (Å²) in [6.07, 6.45) is 0.874. The first-order valence-electron chi connectivity index (χ1n) is 8.90. The number of aliphatic hydroxyl groups is 1. The second kappa shape index (κ2) is 9.85. The number of benzene rings is 2. The summed E-state index contributed by atoms with van der Waals surface area (Å²) in [5.74, 6) is 1.47. The summed E-state index contributed by atoms with van der Waals surface area (Å²) in [5.41, 5.74) is 0.801. The van der Waals surface area contributed by atoms with E-state index in [0.717, 1.165) is 16.2 Å². The zero-order valence-corrected chi connectivity index (χ0v) is 16.7. The van der Waals surface area contributed by atoms with E-state index in [-0.39, 0.29) is 12.4 Å². The van der Waals surface area contributed by atoms with Crippen LogP contribution in [0.2, 0.25) is 10.0 Å². The summed E-state index contributed by atoms with van der Waals surface area (Å²) < 4.78 is 11.1. The van der Waals surface area contributed by atoms with E-state index >= 15 is 0 Å². The van der Waals surface area contributed by atoms with Gasteiger partial charge in [-0.15, -0.1) is 0 Å². The lowest BCUT2D eigenvalue weighted by Gasteiger charge is -2.22. The van der Waals surface area contributed by atoms with Crippen LogP contribution in [-0.2, 0) is 13.1 Å². The van der Waals surface area contributed by atoms with Crippen LogP contribution < -0.4 is 9.64 Å². The topological polar surface area (TPSA) is 67.3 Å². The molecular formula is C21H22Cl2NO4+. The second-order valence-electron chi connectivity index (χ2n) is 6.56. The molecule has 2 atom stereocenters. The molecule has 0 aliphatic heterocycles. The van der Waals surface area contributed by atoms with Crippen LogP contribution in [0.3, 0.4) is 0 Å². The maximum Gasteiger partial charge on any atom is 0.157 e. The summed E-state index contributed by atoms with van der Waals surface area (Å²) in [7, 11) is 0. The number of furan rings is 1. The van der Waals surface area contributed by atoms with Crippen molar-refractivity contribution in [2.45, 2.75) is 19.2 Å². The summed E-state index contributed by atoms with van der Waals surface area (Å²) in [6.45, 7) is 1.56. The fraction of sp³-hybridized carbons (Fsp3) is 0.238. The quantitative estimate of drug-likeness (QED) is 0.494. The van der Waals surface area contributed by atoms with Gasteiger partial charge in [0.25, 0.3) is 0 Å². The van der Waals surface area contributed by atoms with Crippen LogP contribution in [0.1, 0.15) is 11.3 Å². The van der Waals surface area contributed by atoms with Gasteiger partial charge in [0.1, 0.15) is 43.8 Å². The Balaban J connectivity index is 1.64. The van der Waals surface area contributed by atoms with Gasteiger partial charge in [0.15, 0.2) is 5.76 Å². The zero-order chi connectivity index (χ0) is 19.9. The Labute approximate surface area is 173 Å². The molecule has 7 heteroatoms. The van der Waals surface area contributed by atoms with E-state index in [9.17, 15) is 10.2 Å². The van der Waals surface area contributed by atoms with Crippen LogP contribution in [0.5, 0.6) is 11.5 Å². The van der Waals surface area contributed by atoms with E-state index < -0.39 is 6.10 Å². The van der Waals surface area contributed by atoms with Crippen molar-refractivity contribution in [1.82, 2.24) is 0 Å². The van der Waals surface area contributed by atoms with Gasteiger partial charge in [0.2, 0.25) is 0 Å². The minimum absolute atomic E-state index is 0.0719. The van der Waals surface area contributed by atoms with Crippen LogP contribution in [0, 0.1) is 0 Å². The van der Waals surface area contributed by atoms with Crippen molar-refractivity contribution in [3.8, 4) is 11.5 Å². The highest BCUT2D eigenvalue weighted by atomic mass is 35.5. The van der Waals surface area contributed by atoms with Gasteiger partial charge in [-0.2, -0.15) is 0 Å². The van der Waals surface area contributed by atoms with Crippen molar-refractivity contribution in [2.75, 3.05) is 13.2 Å². The third-order valence-electron chi connectivity index (χ3n) is 4.29. The van der Waals surface area contributed by atoms with Gasteiger partial charge < -0.3 is 24.3 Å². The molecule has 0 saturated carbocycles. The predicted octanol–water partition coefficient (Wildman–Crippen LogP) is 3.32. The van der Waals surface area contributed by atoms with Crippen molar-refractivity contribution >= 4 is 23.2 Å². The van der Waals surface area contributed by atoms with E-state index in [4.69, 9.17) is 32.4 Å². The molecule has 0 bridgehead atoms. The molecule has 1 heterocycles. The van der Waals surface area contributed by atoms with E-state index in [2.05, 4.69) is 0 Å². The van der Waals surface area contributed by atoms with Gasteiger partial charge in [0, 0.05) is 16.7 Å². The highest BCUT2D eigenvalue weighted by Gasteiger charge is 2.20. The minimum Gasteiger partial charge on any atom is -0.507 e. The van der Waals surface area contributed by atoms with Crippen molar-refractivity contribution in [2.24, 2.45) is 0 Å². The Morgan fingerprint density at radius 2 is 1.86 bits per heavy atom. The first-order chi connectivity index (χ1) is 13.5. The molecule has 3 aromatic rings. The van der Waals surface area contributed by atoms with Gasteiger partial charge in [-0.05, 0) is 36.4 Å². The number of hydrogen-bond acceptors (Lipinski definition) is 4. The van der Waals surface area contributed by atoms with Crippen molar-refractivity contribution in [3.63, 3.8) is 0 Å². The molecule has 1 unspecified atom stereocenters. The predicted molar refractivity (Wildman–Crippen MR) is 108 cm³/mol. The van der Waals surface area contributed by atoms with E-state index in [0.29, 0.717) is 35.4 Å². The number of para-hydroxylation sites is 1. The Morgan fingerprint density at radius 3 is 2.61 bits per heavy atom. The average Bonchev–Trinajstić information content (AvgIpc) is 3.17. The van der Waals surface area contributed by atoms with Gasteiger partial charge in [-0.3, -0.25) is 0 Å². The Morgan fingerprint density at radius 1 is 1.04 bits per heavy atom. The Hall–Kier alpha value is -2.18. The van der Waals surface area contributed by atoms with Crippen LogP contribution in [-0.4, -0.2) is 29.5 Å². The van der Waals surface area contributed by atoms with Gasteiger partial charge in [-0.1, -0.05) is 35.3 Å². The number of hydrogen-bond donors (Lipinski definition) is 3. The number of phenolic OH excluding ortho intramolecular Hbond substituents is 1. The third kappa shape index (κ3) is 5.91.